The summed E-state index contributed by atoms with van der Waals surface area (Å²) in [5.41, 5.74) is 2.10. The van der Waals surface area contributed by atoms with Crippen molar-refractivity contribution in [3.63, 3.8) is 0 Å². The van der Waals surface area contributed by atoms with Crippen LogP contribution in [0.15, 0.2) is 48.5 Å². The van der Waals surface area contributed by atoms with E-state index in [4.69, 9.17) is 0 Å². The van der Waals surface area contributed by atoms with Gasteiger partial charge in [0.25, 0.3) is 11.8 Å². The predicted octanol–water partition coefficient (Wildman–Crippen LogP) is 4.26. The van der Waals surface area contributed by atoms with Gasteiger partial charge in [-0.1, -0.05) is 35.1 Å². The molecule has 154 valence electrons. The van der Waals surface area contributed by atoms with Crippen LogP contribution in [0.3, 0.4) is 0 Å². The summed E-state index contributed by atoms with van der Waals surface area (Å²) in [6.45, 7) is 3.22. The quantitative estimate of drug-likeness (QED) is 0.679. The first-order chi connectivity index (χ1) is 14.5. The third-order valence-corrected chi connectivity index (χ3v) is 6.12. The van der Waals surface area contributed by atoms with Gasteiger partial charge in [-0.05, 0) is 50.1 Å². The second kappa shape index (κ2) is 8.71. The fourth-order valence-electron chi connectivity index (χ4n) is 3.57. The van der Waals surface area contributed by atoms with Gasteiger partial charge in [0.1, 0.15) is 10.8 Å². The fourth-order valence-corrected chi connectivity index (χ4v) is 4.43. The van der Waals surface area contributed by atoms with Gasteiger partial charge in [-0.3, -0.25) is 9.59 Å². The van der Waals surface area contributed by atoms with E-state index < -0.39 is 11.7 Å². The van der Waals surface area contributed by atoms with E-state index >= 15 is 0 Å². The number of piperidine rings is 1. The molecule has 1 aliphatic heterocycles. The molecule has 6 nitrogen and oxygen atoms in total. The molecule has 1 atom stereocenters. The highest BCUT2D eigenvalue weighted by molar-refractivity contribution is 7.13. The zero-order valence-electron chi connectivity index (χ0n) is 16.5. The number of nitrogens with one attached hydrogen (secondary N) is 1. The highest BCUT2D eigenvalue weighted by Gasteiger charge is 2.28. The Hall–Kier alpha value is -3.13. The van der Waals surface area contributed by atoms with Gasteiger partial charge in [-0.25, -0.2) is 4.39 Å². The van der Waals surface area contributed by atoms with Crippen LogP contribution in [0.1, 0.15) is 49.5 Å². The van der Waals surface area contributed by atoms with Crippen LogP contribution in [0.4, 0.5) is 10.1 Å². The van der Waals surface area contributed by atoms with Crippen LogP contribution >= 0.6 is 11.3 Å². The molecule has 2 amide bonds. The second-order valence-corrected chi connectivity index (χ2v) is 8.38. The molecule has 0 bridgehead atoms. The molecule has 0 spiro atoms. The third kappa shape index (κ3) is 4.54. The highest BCUT2D eigenvalue weighted by Crippen LogP contribution is 2.30. The van der Waals surface area contributed by atoms with Crippen LogP contribution in [0.25, 0.3) is 0 Å². The molecule has 0 unspecified atom stereocenters. The lowest BCUT2D eigenvalue weighted by atomic mass is 9.98. The zero-order chi connectivity index (χ0) is 21.1. The van der Waals surface area contributed by atoms with Gasteiger partial charge in [0.15, 0.2) is 0 Å². The number of halogens is 1. The highest BCUT2D eigenvalue weighted by atomic mass is 32.1. The summed E-state index contributed by atoms with van der Waals surface area (Å²) >= 11 is 1.22. The van der Waals surface area contributed by atoms with Crippen LogP contribution < -0.4 is 5.32 Å². The number of nitrogens with zero attached hydrogens (tertiary/aromatic N) is 3. The van der Waals surface area contributed by atoms with Gasteiger partial charge < -0.3 is 10.2 Å². The molecule has 0 aliphatic carbocycles. The SMILES string of the molecule is Cc1cccc(C(=O)N2CCC[C@H](c3nnc(C(=O)Nc4cccc(F)c4)s3)C2)c1. The third-order valence-electron chi connectivity index (χ3n) is 5.04. The van der Waals surface area contributed by atoms with Crippen molar-refractivity contribution < 1.29 is 14.0 Å². The van der Waals surface area contributed by atoms with Crippen molar-refractivity contribution in [2.75, 3.05) is 18.4 Å². The largest absolute Gasteiger partial charge is 0.338 e. The molecule has 2 aromatic carbocycles. The Morgan fingerprint density at radius 3 is 2.80 bits per heavy atom. The number of rotatable bonds is 4. The van der Waals surface area contributed by atoms with Crippen LogP contribution in [0, 0.1) is 12.7 Å². The number of amides is 2. The van der Waals surface area contributed by atoms with Gasteiger partial charge in [-0.2, -0.15) is 0 Å². The smallest absolute Gasteiger partial charge is 0.286 e. The average molecular weight is 425 g/mol. The Labute approximate surface area is 177 Å². The topological polar surface area (TPSA) is 75.2 Å². The van der Waals surface area contributed by atoms with E-state index in [1.165, 1.54) is 29.5 Å². The van der Waals surface area contributed by atoms with E-state index in [0.717, 1.165) is 23.4 Å². The van der Waals surface area contributed by atoms with Crippen molar-refractivity contribution in [2.45, 2.75) is 25.7 Å². The van der Waals surface area contributed by atoms with E-state index in [0.29, 0.717) is 24.3 Å². The summed E-state index contributed by atoms with van der Waals surface area (Å²) in [7, 11) is 0. The lowest BCUT2D eigenvalue weighted by Gasteiger charge is -2.31. The molecule has 2 heterocycles. The number of carbonyl (C=O) groups excluding carboxylic acids is 2. The molecule has 1 aliphatic rings. The molecule has 1 aromatic heterocycles. The molecular formula is C22H21FN4O2S. The minimum absolute atomic E-state index is 0.0111. The number of hydrogen-bond donors (Lipinski definition) is 1. The normalized spacial score (nSPS) is 16.3. The predicted molar refractivity (Wildman–Crippen MR) is 113 cm³/mol. The van der Waals surface area contributed by atoms with Crippen molar-refractivity contribution in [2.24, 2.45) is 0 Å². The van der Waals surface area contributed by atoms with E-state index in [9.17, 15) is 14.0 Å². The summed E-state index contributed by atoms with van der Waals surface area (Å²) in [6, 6.07) is 13.3. The van der Waals surface area contributed by atoms with Gasteiger partial charge in [0, 0.05) is 30.3 Å². The van der Waals surface area contributed by atoms with Gasteiger partial charge in [0.05, 0.1) is 0 Å². The molecule has 1 N–H and O–H groups in total. The zero-order valence-corrected chi connectivity index (χ0v) is 17.3. The molecule has 1 saturated heterocycles. The number of likely N-dealkylation sites (tertiary alicyclic amines) is 1. The Morgan fingerprint density at radius 1 is 1.17 bits per heavy atom. The van der Waals surface area contributed by atoms with Crippen LogP contribution in [0.2, 0.25) is 0 Å². The summed E-state index contributed by atoms with van der Waals surface area (Å²) < 4.78 is 13.3. The number of benzene rings is 2. The maximum absolute atomic E-state index is 13.3. The van der Waals surface area contributed by atoms with Crippen LogP contribution in [-0.2, 0) is 0 Å². The Kier molecular flexibility index (Phi) is 5.85. The number of hydrogen-bond acceptors (Lipinski definition) is 5. The number of anilines is 1. The maximum Gasteiger partial charge on any atom is 0.286 e. The lowest BCUT2D eigenvalue weighted by Crippen LogP contribution is -2.39. The van der Waals surface area contributed by atoms with E-state index in [1.807, 2.05) is 36.1 Å². The Morgan fingerprint density at radius 2 is 2.00 bits per heavy atom. The summed E-state index contributed by atoms with van der Waals surface area (Å²) in [4.78, 5) is 27.1. The molecule has 0 saturated carbocycles. The molecule has 0 radical (unpaired) electrons. The summed E-state index contributed by atoms with van der Waals surface area (Å²) in [5.74, 6) is -0.795. The molecule has 4 rings (SSSR count). The lowest BCUT2D eigenvalue weighted by molar-refractivity contribution is 0.0706. The van der Waals surface area contributed by atoms with Crippen molar-refractivity contribution in [3.8, 4) is 0 Å². The summed E-state index contributed by atoms with van der Waals surface area (Å²) in [6.07, 6.45) is 1.75. The first kappa shape index (κ1) is 20.2. The first-order valence-electron chi connectivity index (χ1n) is 9.76. The Bertz CT molecular complexity index is 1080. The molecule has 1 fully saturated rings. The van der Waals surface area contributed by atoms with E-state index in [2.05, 4.69) is 15.5 Å². The number of aromatic nitrogens is 2. The van der Waals surface area contributed by atoms with Gasteiger partial charge >= 0.3 is 0 Å². The molecule has 3 aromatic rings. The molecule has 30 heavy (non-hydrogen) atoms. The minimum atomic E-state index is -0.425. The van der Waals surface area contributed by atoms with Crippen molar-refractivity contribution >= 4 is 28.8 Å². The first-order valence-corrected chi connectivity index (χ1v) is 10.6. The van der Waals surface area contributed by atoms with E-state index in [-0.39, 0.29) is 16.8 Å². The minimum Gasteiger partial charge on any atom is -0.338 e. The average Bonchev–Trinajstić information content (AvgIpc) is 3.24. The maximum atomic E-state index is 13.3. The molecule has 8 heteroatoms. The van der Waals surface area contributed by atoms with Gasteiger partial charge in [0.2, 0.25) is 5.01 Å². The summed E-state index contributed by atoms with van der Waals surface area (Å²) in [5, 5.41) is 11.8. The number of aryl methyl sites for hydroxylation is 1. The second-order valence-electron chi connectivity index (χ2n) is 7.37. The Balaban J connectivity index is 1.44. The number of carbonyl (C=O) groups is 2. The van der Waals surface area contributed by atoms with E-state index in [1.54, 1.807) is 6.07 Å². The van der Waals surface area contributed by atoms with Crippen molar-refractivity contribution in [1.82, 2.24) is 15.1 Å². The van der Waals surface area contributed by atoms with Crippen LogP contribution in [0.5, 0.6) is 0 Å². The fraction of sp³-hybridized carbons (Fsp3) is 0.273. The molecular weight excluding hydrogens is 403 g/mol. The van der Waals surface area contributed by atoms with Gasteiger partial charge in [-0.15, -0.1) is 10.2 Å². The standard InChI is InChI=1S/C22H21FN4O2S/c1-14-5-2-6-15(11-14)22(29)27-10-4-7-16(13-27)20-25-26-21(30-20)19(28)24-18-9-3-8-17(23)12-18/h2-3,5-6,8-9,11-12,16H,4,7,10,13H2,1H3,(H,24,28)/t16-/m0/s1. The van der Waals surface area contributed by atoms with Crippen molar-refractivity contribution in [3.05, 3.63) is 75.5 Å². The van der Waals surface area contributed by atoms with Crippen molar-refractivity contribution in [1.29, 1.82) is 0 Å². The van der Waals surface area contributed by atoms with Crippen LogP contribution in [-0.4, -0.2) is 40.0 Å². The monoisotopic (exact) mass is 424 g/mol.